The first-order chi connectivity index (χ1) is 9.45. The molecule has 1 rings (SSSR count). The van der Waals surface area contributed by atoms with E-state index in [0.29, 0.717) is 0 Å². The lowest BCUT2D eigenvalue weighted by molar-refractivity contribution is -0.147. The summed E-state index contributed by atoms with van der Waals surface area (Å²) in [6.45, 7) is 2.78. The Hall–Kier alpha value is -1.87. The van der Waals surface area contributed by atoms with Gasteiger partial charge >= 0.3 is 5.97 Å². The molecule has 0 fully saturated rings. The summed E-state index contributed by atoms with van der Waals surface area (Å²) < 4.78 is 26.9. The van der Waals surface area contributed by atoms with Gasteiger partial charge in [-0.15, -0.1) is 0 Å². The summed E-state index contributed by atoms with van der Waals surface area (Å²) in [4.78, 5) is 24.6. The minimum Gasteiger partial charge on any atom is -0.480 e. The van der Waals surface area contributed by atoms with Crippen LogP contribution in [0.3, 0.4) is 0 Å². The molecule has 0 aromatic carbocycles. The second-order valence-electron chi connectivity index (χ2n) is 5.11. The smallest absolute Gasteiger partial charge is 0.329 e. The van der Waals surface area contributed by atoms with Crippen molar-refractivity contribution < 1.29 is 23.1 Å². The van der Waals surface area contributed by atoms with Crippen LogP contribution in [0.15, 0.2) is 17.2 Å². The van der Waals surface area contributed by atoms with Gasteiger partial charge in [-0.1, -0.05) is 0 Å². The van der Waals surface area contributed by atoms with Gasteiger partial charge in [0.2, 0.25) is 10.0 Å². The summed E-state index contributed by atoms with van der Waals surface area (Å²) in [6.07, 6.45) is 1.29. The SMILES string of the molecule is CNS(=O)(=O)c1cc(C(=O)N(C)C(C)(C)C(=O)O)n(C)c1. The predicted octanol–water partition coefficient (Wildman–Crippen LogP) is -0.132. The number of aromatic nitrogens is 1. The molecule has 0 aliphatic rings. The van der Waals surface area contributed by atoms with Gasteiger partial charge in [0.15, 0.2) is 0 Å². The number of aliphatic carboxylic acids is 1. The van der Waals surface area contributed by atoms with Crippen LogP contribution in [-0.4, -0.2) is 54.5 Å². The standard InChI is InChI=1S/C12H19N3O5S/c1-12(2,11(17)18)15(5)10(16)9-6-8(7-14(9)4)21(19,20)13-3/h6-7,13H,1-5H3,(H,17,18). The Balaban J connectivity index is 3.24. The molecule has 9 heteroatoms. The summed E-state index contributed by atoms with van der Waals surface area (Å²) >= 11 is 0. The largest absolute Gasteiger partial charge is 0.480 e. The van der Waals surface area contributed by atoms with E-state index in [4.69, 9.17) is 5.11 Å². The van der Waals surface area contributed by atoms with Crippen LogP contribution in [0.4, 0.5) is 0 Å². The molecule has 0 spiro atoms. The van der Waals surface area contributed by atoms with Gasteiger partial charge in [0, 0.05) is 20.3 Å². The van der Waals surface area contributed by atoms with Crippen LogP contribution in [-0.2, 0) is 21.9 Å². The number of carboxylic acids is 1. The summed E-state index contributed by atoms with van der Waals surface area (Å²) in [5.41, 5.74) is -1.33. The molecular weight excluding hydrogens is 298 g/mol. The topological polar surface area (TPSA) is 109 Å². The fraction of sp³-hybridized carbons (Fsp3) is 0.500. The number of carbonyl (C=O) groups is 2. The molecular formula is C12H19N3O5S. The second-order valence-corrected chi connectivity index (χ2v) is 6.99. The third-order valence-corrected chi connectivity index (χ3v) is 4.83. The molecule has 0 radical (unpaired) electrons. The molecule has 2 N–H and O–H groups in total. The Morgan fingerprint density at radius 2 is 1.90 bits per heavy atom. The number of nitrogens with zero attached hydrogens (tertiary/aromatic N) is 2. The molecule has 8 nitrogen and oxygen atoms in total. The van der Waals surface area contributed by atoms with Crippen molar-refractivity contribution in [1.29, 1.82) is 0 Å². The third-order valence-electron chi connectivity index (χ3n) is 3.44. The summed E-state index contributed by atoms with van der Waals surface area (Å²) in [7, 11) is 0.473. The number of hydrogen-bond acceptors (Lipinski definition) is 4. The average molecular weight is 317 g/mol. The number of aryl methyl sites for hydroxylation is 1. The van der Waals surface area contributed by atoms with Crippen molar-refractivity contribution in [3.8, 4) is 0 Å². The van der Waals surface area contributed by atoms with Crippen molar-refractivity contribution >= 4 is 21.9 Å². The van der Waals surface area contributed by atoms with Crippen LogP contribution >= 0.6 is 0 Å². The number of carbonyl (C=O) groups excluding carboxylic acids is 1. The lowest BCUT2D eigenvalue weighted by atomic mass is 10.0. The van der Waals surface area contributed by atoms with Crippen LogP contribution in [0.5, 0.6) is 0 Å². The highest BCUT2D eigenvalue weighted by atomic mass is 32.2. The maximum Gasteiger partial charge on any atom is 0.329 e. The van der Waals surface area contributed by atoms with Gasteiger partial charge in [0.05, 0.1) is 0 Å². The summed E-state index contributed by atoms with van der Waals surface area (Å²) in [6, 6.07) is 1.21. The van der Waals surface area contributed by atoms with E-state index in [1.165, 1.54) is 51.8 Å². The predicted molar refractivity (Wildman–Crippen MR) is 75.5 cm³/mol. The Morgan fingerprint density at radius 1 is 1.38 bits per heavy atom. The number of sulfonamides is 1. The zero-order chi connectivity index (χ0) is 16.6. The fourth-order valence-corrected chi connectivity index (χ4v) is 2.38. The first-order valence-corrected chi connectivity index (χ1v) is 7.55. The highest BCUT2D eigenvalue weighted by molar-refractivity contribution is 7.89. The minimum atomic E-state index is -3.67. The van der Waals surface area contributed by atoms with Gasteiger partial charge in [-0.25, -0.2) is 17.9 Å². The molecule has 1 amide bonds. The molecule has 1 aromatic rings. The molecule has 0 aliphatic heterocycles. The van der Waals surface area contributed by atoms with Crippen LogP contribution in [0.25, 0.3) is 0 Å². The van der Waals surface area contributed by atoms with Crippen LogP contribution in [0.2, 0.25) is 0 Å². The molecule has 0 aliphatic carbocycles. The number of amides is 1. The van der Waals surface area contributed by atoms with E-state index in [0.717, 1.165) is 4.90 Å². The molecule has 0 saturated heterocycles. The molecule has 0 saturated carbocycles. The maximum atomic E-state index is 12.4. The monoisotopic (exact) mass is 317 g/mol. The molecule has 0 atom stereocenters. The van der Waals surface area contributed by atoms with Gasteiger partial charge in [-0.2, -0.15) is 0 Å². The molecule has 0 unspecified atom stereocenters. The van der Waals surface area contributed by atoms with Crippen molar-refractivity contribution in [2.75, 3.05) is 14.1 Å². The normalized spacial score (nSPS) is 12.2. The zero-order valence-corrected chi connectivity index (χ0v) is 13.4. The quantitative estimate of drug-likeness (QED) is 0.786. The third kappa shape index (κ3) is 3.08. The van der Waals surface area contributed by atoms with Crippen LogP contribution < -0.4 is 4.72 Å². The Kier molecular flexibility index (Phi) is 4.49. The maximum absolute atomic E-state index is 12.4. The fourth-order valence-electron chi connectivity index (χ4n) is 1.58. The molecule has 1 heterocycles. The van der Waals surface area contributed by atoms with E-state index in [9.17, 15) is 18.0 Å². The number of carboxylic acid groups (broad SMARTS) is 1. The summed E-state index contributed by atoms with van der Waals surface area (Å²) in [5, 5.41) is 9.14. The van der Waals surface area contributed by atoms with Gasteiger partial charge in [-0.05, 0) is 27.0 Å². The van der Waals surface area contributed by atoms with E-state index < -0.39 is 27.4 Å². The molecule has 1 aromatic heterocycles. The van der Waals surface area contributed by atoms with Crippen molar-refractivity contribution in [3.05, 3.63) is 18.0 Å². The van der Waals surface area contributed by atoms with E-state index in [1.807, 2.05) is 0 Å². The average Bonchev–Trinajstić information content (AvgIpc) is 2.79. The highest BCUT2D eigenvalue weighted by Gasteiger charge is 2.36. The molecule has 118 valence electrons. The van der Waals surface area contributed by atoms with Crippen molar-refractivity contribution in [2.45, 2.75) is 24.3 Å². The van der Waals surface area contributed by atoms with Gasteiger partial charge in [0.1, 0.15) is 16.1 Å². The second kappa shape index (κ2) is 5.49. The first kappa shape index (κ1) is 17.2. The molecule has 0 bridgehead atoms. The highest BCUT2D eigenvalue weighted by Crippen LogP contribution is 2.19. The lowest BCUT2D eigenvalue weighted by Gasteiger charge is -2.31. The van der Waals surface area contributed by atoms with Gasteiger partial charge < -0.3 is 14.6 Å². The van der Waals surface area contributed by atoms with Crippen LogP contribution in [0, 0.1) is 0 Å². The first-order valence-electron chi connectivity index (χ1n) is 6.06. The molecule has 21 heavy (non-hydrogen) atoms. The van der Waals surface area contributed by atoms with Crippen LogP contribution in [0.1, 0.15) is 24.3 Å². The number of rotatable bonds is 5. The van der Waals surface area contributed by atoms with E-state index in [1.54, 1.807) is 0 Å². The van der Waals surface area contributed by atoms with E-state index in [2.05, 4.69) is 4.72 Å². The van der Waals surface area contributed by atoms with E-state index >= 15 is 0 Å². The number of hydrogen-bond donors (Lipinski definition) is 2. The minimum absolute atomic E-state index is 0.0580. The number of likely N-dealkylation sites (N-methyl/N-ethyl adjacent to an activating group) is 1. The van der Waals surface area contributed by atoms with Gasteiger partial charge in [0.25, 0.3) is 5.91 Å². The van der Waals surface area contributed by atoms with Crippen molar-refractivity contribution in [3.63, 3.8) is 0 Å². The number of nitrogens with one attached hydrogen (secondary N) is 1. The van der Waals surface area contributed by atoms with Crippen molar-refractivity contribution in [1.82, 2.24) is 14.2 Å². The van der Waals surface area contributed by atoms with E-state index in [-0.39, 0.29) is 10.6 Å². The Labute approximate surface area is 123 Å². The van der Waals surface area contributed by atoms with Crippen molar-refractivity contribution in [2.24, 2.45) is 7.05 Å². The lowest BCUT2D eigenvalue weighted by Crippen LogP contribution is -2.51. The summed E-state index contributed by atoms with van der Waals surface area (Å²) in [5.74, 6) is -1.74. The van der Waals surface area contributed by atoms with Gasteiger partial charge in [-0.3, -0.25) is 4.79 Å². The Morgan fingerprint density at radius 3 is 2.33 bits per heavy atom. The zero-order valence-electron chi connectivity index (χ0n) is 12.5. The Bertz CT molecular complexity index is 675.